The Morgan fingerprint density at radius 3 is 2.20 bits per heavy atom. The van der Waals surface area contributed by atoms with Crippen LogP contribution in [0.3, 0.4) is 0 Å². The van der Waals surface area contributed by atoms with Crippen LogP contribution in [0.25, 0.3) is 10.8 Å². The molecular formula is C25H24N2O2S. The van der Waals surface area contributed by atoms with Crippen LogP contribution in [0.15, 0.2) is 82.6 Å². The van der Waals surface area contributed by atoms with Gasteiger partial charge in [-0.3, -0.25) is 4.79 Å². The lowest BCUT2D eigenvalue weighted by Crippen LogP contribution is -2.40. The van der Waals surface area contributed by atoms with Gasteiger partial charge in [-0.25, -0.2) is 4.98 Å². The molecule has 4 rings (SSSR count). The van der Waals surface area contributed by atoms with Crippen LogP contribution in [-0.2, 0) is 16.6 Å². The van der Waals surface area contributed by atoms with E-state index in [2.05, 4.69) is 41.5 Å². The molecule has 1 amide bonds. The molecule has 0 atom stereocenters. The minimum Gasteiger partial charge on any atom is -0.459 e. The first-order valence-electron chi connectivity index (χ1n) is 9.93. The van der Waals surface area contributed by atoms with E-state index >= 15 is 0 Å². The maximum Gasteiger partial charge on any atom is 0.226 e. The van der Waals surface area contributed by atoms with E-state index in [1.54, 1.807) is 0 Å². The largest absolute Gasteiger partial charge is 0.459 e. The van der Waals surface area contributed by atoms with Crippen LogP contribution < -0.4 is 5.32 Å². The second kappa shape index (κ2) is 8.67. The van der Waals surface area contributed by atoms with Crippen molar-refractivity contribution in [3.05, 3.63) is 101 Å². The Balaban J connectivity index is 1.46. The molecule has 0 unspecified atom stereocenters. The molecule has 0 radical (unpaired) electrons. The quantitative estimate of drug-likeness (QED) is 0.440. The van der Waals surface area contributed by atoms with Gasteiger partial charge in [-0.1, -0.05) is 60.7 Å². The maximum atomic E-state index is 12.7. The Morgan fingerprint density at radius 1 is 1.00 bits per heavy atom. The SMILES string of the molecule is Cc1ccc(-c2nc(CC(=O)NCC(C)(c3ccccc3)c3ccccc3)cs2)o1. The summed E-state index contributed by atoms with van der Waals surface area (Å²) in [5.74, 6) is 1.55. The predicted octanol–water partition coefficient (Wildman–Crippen LogP) is 5.38. The zero-order valence-electron chi connectivity index (χ0n) is 17.1. The van der Waals surface area contributed by atoms with Crippen molar-refractivity contribution in [2.75, 3.05) is 6.54 Å². The fourth-order valence-electron chi connectivity index (χ4n) is 3.54. The highest BCUT2D eigenvalue weighted by Gasteiger charge is 2.29. The van der Waals surface area contributed by atoms with Crippen LogP contribution in [0.1, 0.15) is 29.5 Å². The van der Waals surface area contributed by atoms with Gasteiger partial charge in [0.05, 0.1) is 12.1 Å². The average molecular weight is 417 g/mol. The highest BCUT2D eigenvalue weighted by Crippen LogP contribution is 2.31. The van der Waals surface area contributed by atoms with Gasteiger partial charge in [-0.2, -0.15) is 0 Å². The number of aromatic nitrogens is 1. The minimum absolute atomic E-state index is 0.0411. The van der Waals surface area contributed by atoms with E-state index in [-0.39, 0.29) is 17.7 Å². The summed E-state index contributed by atoms with van der Waals surface area (Å²) in [6.45, 7) is 4.58. The molecule has 5 heteroatoms. The summed E-state index contributed by atoms with van der Waals surface area (Å²) in [4.78, 5) is 17.3. The minimum atomic E-state index is -0.322. The van der Waals surface area contributed by atoms with Crippen LogP contribution >= 0.6 is 11.3 Å². The topological polar surface area (TPSA) is 55.1 Å². The fraction of sp³-hybridized carbons (Fsp3) is 0.200. The molecule has 30 heavy (non-hydrogen) atoms. The lowest BCUT2D eigenvalue weighted by molar-refractivity contribution is -0.120. The second-order valence-corrected chi connectivity index (χ2v) is 8.43. The van der Waals surface area contributed by atoms with E-state index in [1.165, 1.54) is 22.5 Å². The van der Waals surface area contributed by atoms with Gasteiger partial charge in [0, 0.05) is 17.3 Å². The van der Waals surface area contributed by atoms with Crippen molar-refractivity contribution >= 4 is 17.2 Å². The van der Waals surface area contributed by atoms with Gasteiger partial charge in [0.25, 0.3) is 0 Å². The van der Waals surface area contributed by atoms with Crippen LogP contribution in [0, 0.1) is 6.92 Å². The number of hydrogen-bond donors (Lipinski definition) is 1. The number of hydrogen-bond acceptors (Lipinski definition) is 4. The van der Waals surface area contributed by atoms with Gasteiger partial charge in [0.1, 0.15) is 5.76 Å². The van der Waals surface area contributed by atoms with Gasteiger partial charge in [0.2, 0.25) is 5.91 Å². The lowest BCUT2D eigenvalue weighted by atomic mass is 9.76. The molecule has 0 aliphatic carbocycles. The van der Waals surface area contributed by atoms with Gasteiger partial charge in [-0.15, -0.1) is 11.3 Å². The molecule has 4 aromatic rings. The average Bonchev–Trinajstić information content (AvgIpc) is 3.42. The van der Waals surface area contributed by atoms with Crippen LogP contribution in [0.5, 0.6) is 0 Å². The fourth-order valence-corrected chi connectivity index (χ4v) is 4.32. The number of furan rings is 1. The van der Waals surface area contributed by atoms with Gasteiger partial charge in [0.15, 0.2) is 10.8 Å². The molecule has 0 aliphatic rings. The third-order valence-electron chi connectivity index (χ3n) is 5.31. The molecule has 0 fully saturated rings. The summed E-state index contributed by atoms with van der Waals surface area (Å²) in [6.07, 6.45) is 0.246. The standard InChI is InChI=1S/C25H24N2O2S/c1-18-13-14-22(29-18)24-27-21(16-30-24)15-23(28)26-17-25(2,19-9-5-3-6-10-19)20-11-7-4-8-12-20/h3-14,16H,15,17H2,1-2H3,(H,26,28). The highest BCUT2D eigenvalue weighted by atomic mass is 32.1. The van der Waals surface area contributed by atoms with E-state index in [4.69, 9.17) is 4.42 Å². The summed E-state index contributed by atoms with van der Waals surface area (Å²) in [7, 11) is 0. The summed E-state index contributed by atoms with van der Waals surface area (Å²) in [5, 5.41) is 5.84. The van der Waals surface area contributed by atoms with Crippen LogP contribution in [0.2, 0.25) is 0 Å². The number of nitrogens with zero attached hydrogens (tertiary/aromatic N) is 1. The first-order valence-corrected chi connectivity index (χ1v) is 10.8. The van der Waals surface area contributed by atoms with Crippen molar-refractivity contribution in [2.45, 2.75) is 25.7 Å². The van der Waals surface area contributed by atoms with E-state index in [1.807, 2.05) is 60.8 Å². The van der Waals surface area contributed by atoms with Gasteiger partial charge < -0.3 is 9.73 Å². The van der Waals surface area contributed by atoms with Gasteiger partial charge >= 0.3 is 0 Å². The molecule has 1 N–H and O–H groups in total. The molecular weight excluding hydrogens is 392 g/mol. The van der Waals surface area contributed by atoms with Crippen LogP contribution in [0.4, 0.5) is 0 Å². The van der Waals surface area contributed by atoms with E-state index in [0.29, 0.717) is 6.54 Å². The predicted molar refractivity (Wildman–Crippen MR) is 121 cm³/mol. The first kappa shape index (κ1) is 20.1. The molecule has 2 heterocycles. The molecule has 0 aliphatic heterocycles. The molecule has 2 aromatic carbocycles. The zero-order chi connectivity index (χ0) is 21.0. The number of aryl methyl sites for hydroxylation is 1. The molecule has 4 nitrogen and oxygen atoms in total. The number of rotatable bonds is 7. The molecule has 0 saturated carbocycles. The van der Waals surface area contributed by atoms with E-state index in [9.17, 15) is 4.79 Å². The van der Waals surface area contributed by atoms with Gasteiger partial charge in [-0.05, 0) is 37.1 Å². The van der Waals surface area contributed by atoms with E-state index in [0.717, 1.165) is 22.2 Å². The summed E-state index contributed by atoms with van der Waals surface area (Å²) < 4.78 is 5.63. The Hall–Kier alpha value is -3.18. The Morgan fingerprint density at radius 2 is 1.63 bits per heavy atom. The number of thiazole rings is 1. The number of amides is 1. The first-order chi connectivity index (χ1) is 14.5. The van der Waals surface area contributed by atoms with Crippen molar-refractivity contribution < 1.29 is 9.21 Å². The Labute approximate surface area is 180 Å². The molecule has 2 aromatic heterocycles. The number of carbonyl (C=O) groups is 1. The highest BCUT2D eigenvalue weighted by molar-refractivity contribution is 7.13. The zero-order valence-corrected chi connectivity index (χ0v) is 17.9. The Kier molecular flexibility index (Phi) is 5.81. The van der Waals surface area contributed by atoms with Crippen LogP contribution in [-0.4, -0.2) is 17.4 Å². The Bertz CT molecular complexity index is 1080. The molecule has 152 valence electrons. The number of benzene rings is 2. The monoisotopic (exact) mass is 416 g/mol. The summed E-state index contributed by atoms with van der Waals surface area (Å²) in [6, 6.07) is 24.4. The van der Waals surface area contributed by atoms with E-state index < -0.39 is 0 Å². The smallest absolute Gasteiger partial charge is 0.226 e. The number of nitrogens with one attached hydrogen (secondary N) is 1. The molecule has 0 bridgehead atoms. The maximum absolute atomic E-state index is 12.7. The summed E-state index contributed by atoms with van der Waals surface area (Å²) in [5.41, 5.74) is 2.76. The molecule has 0 saturated heterocycles. The van der Waals surface area contributed by atoms with Crippen molar-refractivity contribution in [3.8, 4) is 10.8 Å². The van der Waals surface area contributed by atoms with Crippen molar-refractivity contribution in [1.29, 1.82) is 0 Å². The normalized spacial score (nSPS) is 11.4. The van der Waals surface area contributed by atoms with Crippen molar-refractivity contribution in [3.63, 3.8) is 0 Å². The second-order valence-electron chi connectivity index (χ2n) is 7.57. The summed E-state index contributed by atoms with van der Waals surface area (Å²) >= 11 is 1.49. The lowest BCUT2D eigenvalue weighted by Gasteiger charge is -2.31. The van der Waals surface area contributed by atoms with Crippen molar-refractivity contribution in [1.82, 2.24) is 10.3 Å². The molecule has 0 spiro atoms. The third kappa shape index (κ3) is 4.36. The third-order valence-corrected chi connectivity index (χ3v) is 6.21. The number of carbonyl (C=O) groups excluding carboxylic acids is 1. The van der Waals surface area contributed by atoms with Crippen molar-refractivity contribution in [2.24, 2.45) is 0 Å².